The van der Waals surface area contributed by atoms with Gasteiger partial charge in [-0.2, -0.15) is 4.39 Å². The molecule has 1 rings (SSSR count). The van der Waals surface area contributed by atoms with Crippen LogP contribution in [0.25, 0.3) is 0 Å². The van der Waals surface area contributed by atoms with Gasteiger partial charge in [-0.15, -0.1) is 0 Å². The lowest BCUT2D eigenvalue weighted by Crippen LogP contribution is -1.94. The topological polar surface area (TPSA) is 43.1 Å². The first-order valence-electron chi connectivity index (χ1n) is 2.82. The zero-order valence-corrected chi connectivity index (χ0v) is 9.30. The predicted octanol–water partition coefficient (Wildman–Crippen LogP) is 3.10. The second-order valence-electron chi connectivity index (χ2n) is 1.95. The number of nitro groups is 1. The van der Waals surface area contributed by atoms with E-state index in [9.17, 15) is 14.5 Å². The van der Waals surface area contributed by atoms with Gasteiger partial charge in [0.15, 0.2) is 0 Å². The van der Waals surface area contributed by atoms with Gasteiger partial charge in [0.05, 0.1) is 4.92 Å². The largest absolute Gasteiger partial charge is 0.319 e. The first-order valence-corrected chi connectivity index (χ1v) is 4.69. The molecule has 0 aliphatic heterocycles. The normalized spacial score (nSPS) is 9.92. The van der Waals surface area contributed by atoms with Crippen molar-refractivity contribution in [3.8, 4) is 0 Å². The van der Waals surface area contributed by atoms with Crippen LogP contribution in [0.4, 0.5) is 10.1 Å². The molecule has 0 saturated heterocycles. The molecule has 0 atom stereocenters. The summed E-state index contributed by atoms with van der Waals surface area (Å²) in [5, 5.41) is 10.3. The van der Waals surface area contributed by atoms with Crippen LogP contribution < -0.4 is 0 Å². The van der Waals surface area contributed by atoms with E-state index in [0.717, 1.165) is 6.07 Å². The quantitative estimate of drug-likeness (QED) is 0.340. The van der Waals surface area contributed by atoms with Gasteiger partial charge in [-0.3, -0.25) is 10.1 Å². The molecule has 0 bridgehead atoms. The number of hydrogen-bond acceptors (Lipinski definition) is 2. The van der Waals surface area contributed by atoms with Gasteiger partial charge in [0, 0.05) is 3.57 Å². The van der Waals surface area contributed by atoms with Gasteiger partial charge < -0.3 is 0 Å². The van der Waals surface area contributed by atoms with Crippen LogP contribution in [-0.2, 0) is 0 Å². The van der Waals surface area contributed by atoms with E-state index < -0.39 is 16.4 Å². The standard InChI is InChI=1S/C6H2BrFINO2/c7-5-4(9)2-1-3(8)6(5)10(11)12/h1-2H. The lowest BCUT2D eigenvalue weighted by molar-refractivity contribution is -0.388. The maximum Gasteiger partial charge on any atom is 0.319 e. The van der Waals surface area contributed by atoms with Crippen LogP contribution in [0, 0.1) is 19.5 Å². The molecule has 0 spiro atoms. The van der Waals surface area contributed by atoms with Crippen molar-refractivity contribution >= 4 is 44.2 Å². The summed E-state index contributed by atoms with van der Waals surface area (Å²) in [7, 11) is 0. The number of nitrogens with zero attached hydrogens (tertiary/aromatic N) is 1. The fourth-order valence-corrected chi connectivity index (χ4v) is 1.59. The third kappa shape index (κ3) is 1.74. The van der Waals surface area contributed by atoms with E-state index in [1.807, 2.05) is 22.6 Å². The van der Waals surface area contributed by atoms with Crippen LogP contribution in [0.2, 0.25) is 0 Å². The summed E-state index contributed by atoms with van der Waals surface area (Å²) < 4.78 is 13.6. The lowest BCUT2D eigenvalue weighted by atomic mass is 10.3. The molecule has 1 aromatic rings. The Morgan fingerprint density at radius 2 is 2.17 bits per heavy atom. The predicted molar refractivity (Wildman–Crippen MR) is 53.5 cm³/mol. The Kier molecular flexibility index (Phi) is 2.99. The molecule has 12 heavy (non-hydrogen) atoms. The molecule has 0 aliphatic carbocycles. The van der Waals surface area contributed by atoms with Crippen LogP contribution in [0.1, 0.15) is 0 Å². The second-order valence-corrected chi connectivity index (χ2v) is 3.90. The minimum Gasteiger partial charge on any atom is -0.258 e. The van der Waals surface area contributed by atoms with Gasteiger partial charge in [0.25, 0.3) is 0 Å². The maximum absolute atomic E-state index is 12.8. The molecule has 0 heterocycles. The van der Waals surface area contributed by atoms with Gasteiger partial charge >= 0.3 is 5.69 Å². The molecule has 0 radical (unpaired) electrons. The number of nitro benzene ring substituents is 1. The molecule has 0 N–H and O–H groups in total. The molecule has 0 unspecified atom stereocenters. The molecule has 0 fully saturated rings. The maximum atomic E-state index is 12.8. The Morgan fingerprint density at radius 3 is 2.58 bits per heavy atom. The fourth-order valence-electron chi connectivity index (χ4n) is 0.684. The van der Waals surface area contributed by atoms with E-state index in [2.05, 4.69) is 15.9 Å². The summed E-state index contributed by atoms with van der Waals surface area (Å²) in [6.07, 6.45) is 0. The smallest absolute Gasteiger partial charge is 0.258 e. The Hall–Kier alpha value is -0.240. The highest BCUT2D eigenvalue weighted by Crippen LogP contribution is 2.31. The van der Waals surface area contributed by atoms with Crippen molar-refractivity contribution < 1.29 is 9.31 Å². The van der Waals surface area contributed by atoms with Crippen molar-refractivity contribution in [2.45, 2.75) is 0 Å². The van der Waals surface area contributed by atoms with Gasteiger partial charge in [-0.25, -0.2) is 0 Å². The molecular formula is C6H2BrFINO2. The van der Waals surface area contributed by atoms with E-state index in [1.54, 1.807) is 0 Å². The average molecular weight is 346 g/mol. The molecule has 1 aromatic carbocycles. The molecule has 0 saturated carbocycles. The molecule has 0 amide bonds. The summed E-state index contributed by atoms with van der Waals surface area (Å²) in [5.74, 6) is -0.827. The SMILES string of the molecule is O=[N+]([O-])c1c(F)ccc(I)c1Br. The van der Waals surface area contributed by atoms with Gasteiger partial charge in [0.1, 0.15) is 4.47 Å². The number of halogens is 3. The van der Waals surface area contributed by atoms with Crippen LogP contribution >= 0.6 is 38.5 Å². The van der Waals surface area contributed by atoms with Crippen molar-refractivity contribution in [1.29, 1.82) is 0 Å². The van der Waals surface area contributed by atoms with Crippen LogP contribution in [-0.4, -0.2) is 4.92 Å². The Balaban J connectivity index is 3.43. The summed E-state index contributed by atoms with van der Waals surface area (Å²) in [6.45, 7) is 0. The zero-order chi connectivity index (χ0) is 9.30. The first-order chi connectivity index (χ1) is 5.54. The third-order valence-corrected chi connectivity index (χ3v) is 3.65. The number of benzene rings is 1. The Bertz CT molecular complexity index is 345. The summed E-state index contributed by atoms with van der Waals surface area (Å²) in [5.41, 5.74) is -0.512. The second kappa shape index (κ2) is 3.65. The minimum atomic E-state index is -0.827. The van der Waals surface area contributed by atoms with Crippen LogP contribution in [0.5, 0.6) is 0 Å². The minimum absolute atomic E-state index is 0.188. The first kappa shape index (κ1) is 9.85. The van der Waals surface area contributed by atoms with Crippen molar-refractivity contribution in [3.05, 3.63) is 36.1 Å². The molecule has 0 aromatic heterocycles. The van der Waals surface area contributed by atoms with Crippen molar-refractivity contribution in [2.24, 2.45) is 0 Å². The number of hydrogen-bond donors (Lipinski definition) is 0. The molecule has 0 aliphatic rings. The molecule has 3 nitrogen and oxygen atoms in total. The highest BCUT2D eigenvalue weighted by Gasteiger charge is 2.20. The fraction of sp³-hybridized carbons (Fsp3) is 0. The third-order valence-electron chi connectivity index (χ3n) is 1.20. The van der Waals surface area contributed by atoms with Crippen molar-refractivity contribution in [1.82, 2.24) is 0 Å². The van der Waals surface area contributed by atoms with Gasteiger partial charge in [0.2, 0.25) is 5.82 Å². The van der Waals surface area contributed by atoms with Crippen molar-refractivity contribution in [3.63, 3.8) is 0 Å². The molecule has 64 valence electrons. The number of rotatable bonds is 1. The van der Waals surface area contributed by atoms with E-state index in [0.29, 0.717) is 3.57 Å². The monoisotopic (exact) mass is 345 g/mol. The van der Waals surface area contributed by atoms with E-state index in [-0.39, 0.29) is 4.47 Å². The average Bonchev–Trinajstić information content (AvgIpc) is 1.97. The summed E-state index contributed by atoms with van der Waals surface area (Å²) in [6, 6.07) is 2.54. The van der Waals surface area contributed by atoms with Crippen LogP contribution in [0.3, 0.4) is 0 Å². The Morgan fingerprint density at radius 1 is 1.58 bits per heavy atom. The highest BCUT2D eigenvalue weighted by molar-refractivity contribution is 14.1. The van der Waals surface area contributed by atoms with Gasteiger partial charge in [-0.05, 0) is 50.7 Å². The highest BCUT2D eigenvalue weighted by atomic mass is 127. The van der Waals surface area contributed by atoms with Gasteiger partial charge in [-0.1, -0.05) is 0 Å². The molecule has 6 heteroatoms. The zero-order valence-electron chi connectivity index (χ0n) is 5.55. The lowest BCUT2D eigenvalue weighted by Gasteiger charge is -1.98. The molecular weight excluding hydrogens is 344 g/mol. The van der Waals surface area contributed by atoms with Crippen molar-refractivity contribution in [2.75, 3.05) is 0 Å². The van der Waals surface area contributed by atoms with Crippen LogP contribution in [0.15, 0.2) is 16.6 Å². The summed E-state index contributed by atoms with van der Waals surface area (Å²) in [4.78, 5) is 9.58. The summed E-state index contributed by atoms with van der Waals surface area (Å²) >= 11 is 4.82. The van der Waals surface area contributed by atoms with E-state index >= 15 is 0 Å². The van der Waals surface area contributed by atoms with E-state index in [1.165, 1.54) is 6.07 Å². The Labute approximate surface area is 89.4 Å². The van der Waals surface area contributed by atoms with E-state index in [4.69, 9.17) is 0 Å².